The number of halogens is 1. The molecule has 0 radical (unpaired) electrons. The third kappa shape index (κ3) is 2.79. The lowest BCUT2D eigenvalue weighted by Gasteiger charge is -2.07. The fourth-order valence-electron chi connectivity index (χ4n) is 1.55. The Labute approximate surface area is 113 Å². The Morgan fingerprint density at radius 2 is 2.20 bits per heavy atom. The number of rotatable bonds is 4. The highest BCUT2D eigenvalue weighted by Crippen LogP contribution is 2.27. The molecule has 8 heteroatoms. The first-order chi connectivity index (χ1) is 9.51. The lowest BCUT2D eigenvalue weighted by atomic mass is 10.2. The van der Waals surface area contributed by atoms with Gasteiger partial charge >= 0.3 is 0 Å². The predicted octanol–water partition coefficient (Wildman–Crippen LogP) is 2.67. The minimum atomic E-state index is -0.722. The number of ether oxygens (including phenoxy) is 1. The van der Waals surface area contributed by atoms with Crippen molar-refractivity contribution in [3.8, 4) is 11.6 Å². The van der Waals surface area contributed by atoms with Gasteiger partial charge in [0.1, 0.15) is 5.75 Å². The van der Waals surface area contributed by atoms with Crippen LogP contribution in [0.5, 0.6) is 11.6 Å². The van der Waals surface area contributed by atoms with Gasteiger partial charge in [-0.2, -0.15) is 9.37 Å². The molecule has 1 aromatic carbocycles. The predicted molar refractivity (Wildman–Crippen MR) is 69.4 cm³/mol. The number of nitro benzene ring substituents is 1. The number of nitro groups is 1. The van der Waals surface area contributed by atoms with Crippen molar-refractivity contribution in [1.29, 1.82) is 0 Å². The molecule has 0 aliphatic carbocycles. The van der Waals surface area contributed by atoms with Crippen molar-refractivity contribution in [2.75, 3.05) is 12.4 Å². The van der Waals surface area contributed by atoms with Crippen LogP contribution in [0.15, 0.2) is 24.4 Å². The van der Waals surface area contributed by atoms with E-state index in [1.807, 2.05) is 0 Å². The van der Waals surface area contributed by atoms with E-state index in [1.165, 1.54) is 18.2 Å². The summed E-state index contributed by atoms with van der Waals surface area (Å²) in [7, 11) is 1.59. The third-order valence-corrected chi connectivity index (χ3v) is 2.52. The second kappa shape index (κ2) is 5.47. The van der Waals surface area contributed by atoms with Gasteiger partial charge in [0.05, 0.1) is 11.1 Å². The zero-order valence-corrected chi connectivity index (χ0v) is 10.8. The van der Waals surface area contributed by atoms with Gasteiger partial charge < -0.3 is 10.1 Å². The Hall–Kier alpha value is -2.77. The summed E-state index contributed by atoms with van der Waals surface area (Å²) in [5, 5.41) is 13.4. The molecule has 0 amide bonds. The highest BCUT2D eigenvalue weighted by Gasteiger charge is 2.13. The summed E-state index contributed by atoms with van der Waals surface area (Å²) in [6.07, 6.45) is 0.979. The van der Waals surface area contributed by atoms with Gasteiger partial charge in [0.25, 0.3) is 11.6 Å². The number of hydrogen-bond acceptors (Lipinski definition) is 6. The number of nitrogens with one attached hydrogen (secondary N) is 1. The van der Waals surface area contributed by atoms with Crippen LogP contribution in [0.1, 0.15) is 5.56 Å². The van der Waals surface area contributed by atoms with Crippen molar-refractivity contribution in [2.24, 2.45) is 0 Å². The quantitative estimate of drug-likeness (QED) is 0.683. The molecule has 7 nitrogen and oxygen atoms in total. The van der Waals surface area contributed by atoms with Gasteiger partial charge in [-0.05, 0) is 19.1 Å². The maximum Gasteiger partial charge on any atom is 0.272 e. The van der Waals surface area contributed by atoms with E-state index in [9.17, 15) is 14.5 Å². The molecular weight excluding hydrogens is 267 g/mol. The van der Waals surface area contributed by atoms with Crippen LogP contribution < -0.4 is 10.1 Å². The summed E-state index contributed by atoms with van der Waals surface area (Å²) in [6.45, 7) is 1.57. The first kappa shape index (κ1) is 13.7. The molecule has 2 rings (SSSR count). The van der Waals surface area contributed by atoms with E-state index >= 15 is 0 Å². The monoisotopic (exact) mass is 278 g/mol. The summed E-state index contributed by atoms with van der Waals surface area (Å²) in [6, 6.07) is 4.12. The number of nitrogens with zero attached hydrogens (tertiary/aromatic N) is 3. The molecule has 104 valence electrons. The Balaban J connectivity index is 2.30. The van der Waals surface area contributed by atoms with Crippen LogP contribution in [0.2, 0.25) is 0 Å². The van der Waals surface area contributed by atoms with Crippen molar-refractivity contribution < 1.29 is 14.1 Å². The van der Waals surface area contributed by atoms with Crippen molar-refractivity contribution in [1.82, 2.24) is 9.97 Å². The first-order valence-corrected chi connectivity index (χ1v) is 5.64. The lowest BCUT2D eigenvalue weighted by molar-refractivity contribution is -0.385. The molecule has 0 unspecified atom stereocenters. The summed E-state index contributed by atoms with van der Waals surface area (Å²) >= 11 is 0. The molecule has 0 fully saturated rings. The normalized spacial score (nSPS) is 10.2. The maximum absolute atomic E-state index is 13.5. The summed E-state index contributed by atoms with van der Waals surface area (Å²) in [5.41, 5.74) is 0.382. The van der Waals surface area contributed by atoms with Crippen LogP contribution in [0.4, 0.5) is 16.0 Å². The molecule has 1 N–H and O–H groups in total. The molecule has 1 aromatic heterocycles. The SMILES string of the molecule is CNc1ncc(F)c(Oc2ccc([N+](=O)[O-])c(C)c2)n1. The molecule has 20 heavy (non-hydrogen) atoms. The number of hydrogen-bond donors (Lipinski definition) is 1. The molecule has 0 bridgehead atoms. The molecule has 2 aromatic rings. The van der Waals surface area contributed by atoms with Crippen LogP contribution in [0, 0.1) is 22.9 Å². The molecular formula is C12H11FN4O3. The van der Waals surface area contributed by atoms with Crippen LogP contribution >= 0.6 is 0 Å². The van der Waals surface area contributed by atoms with Gasteiger partial charge in [-0.3, -0.25) is 10.1 Å². The minimum Gasteiger partial charge on any atom is -0.436 e. The number of anilines is 1. The van der Waals surface area contributed by atoms with Crippen molar-refractivity contribution in [3.05, 3.63) is 45.9 Å². The van der Waals surface area contributed by atoms with E-state index in [4.69, 9.17) is 4.74 Å². The smallest absolute Gasteiger partial charge is 0.272 e. The largest absolute Gasteiger partial charge is 0.436 e. The van der Waals surface area contributed by atoms with Crippen molar-refractivity contribution in [3.63, 3.8) is 0 Å². The lowest BCUT2D eigenvalue weighted by Crippen LogP contribution is -2.00. The standard InChI is InChI=1S/C12H11FN4O3/c1-7-5-8(3-4-10(7)17(18)19)20-11-9(13)6-15-12(14-2)16-11/h3-6H,1-2H3,(H,14,15,16). The van der Waals surface area contributed by atoms with Gasteiger partial charge in [-0.25, -0.2) is 4.98 Å². The fraction of sp³-hybridized carbons (Fsp3) is 0.167. The Kier molecular flexibility index (Phi) is 3.74. The topological polar surface area (TPSA) is 90.2 Å². The molecule has 0 saturated carbocycles. The summed E-state index contributed by atoms with van der Waals surface area (Å²) in [5.74, 6) is -0.509. The number of aromatic nitrogens is 2. The Bertz CT molecular complexity index is 663. The van der Waals surface area contributed by atoms with E-state index in [0.29, 0.717) is 5.56 Å². The van der Waals surface area contributed by atoms with E-state index in [-0.39, 0.29) is 23.3 Å². The minimum absolute atomic E-state index is 0.0311. The van der Waals surface area contributed by atoms with Gasteiger partial charge in [0.2, 0.25) is 11.8 Å². The van der Waals surface area contributed by atoms with Gasteiger partial charge in [-0.15, -0.1) is 0 Å². The zero-order valence-electron chi connectivity index (χ0n) is 10.8. The number of aryl methyl sites for hydroxylation is 1. The molecule has 0 aliphatic rings. The molecule has 0 spiro atoms. The van der Waals surface area contributed by atoms with E-state index in [2.05, 4.69) is 15.3 Å². The van der Waals surface area contributed by atoms with E-state index in [0.717, 1.165) is 6.20 Å². The maximum atomic E-state index is 13.5. The zero-order chi connectivity index (χ0) is 14.7. The van der Waals surface area contributed by atoms with Gasteiger partial charge in [-0.1, -0.05) is 0 Å². The van der Waals surface area contributed by atoms with Crippen LogP contribution in [0.3, 0.4) is 0 Å². The fourth-order valence-corrected chi connectivity index (χ4v) is 1.55. The Morgan fingerprint density at radius 1 is 1.45 bits per heavy atom. The molecule has 0 saturated heterocycles. The van der Waals surface area contributed by atoms with Crippen LogP contribution in [-0.4, -0.2) is 21.9 Å². The highest BCUT2D eigenvalue weighted by molar-refractivity contribution is 5.45. The van der Waals surface area contributed by atoms with Gasteiger partial charge in [0.15, 0.2) is 0 Å². The molecule has 0 atom stereocenters. The van der Waals surface area contributed by atoms with E-state index in [1.54, 1.807) is 14.0 Å². The average Bonchev–Trinajstić information content (AvgIpc) is 2.41. The van der Waals surface area contributed by atoms with Crippen molar-refractivity contribution in [2.45, 2.75) is 6.92 Å². The second-order valence-corrected chi connectivity index (χ2v) is 3.90. The molecule has 1 heterocycles. The van der Waals surface area contributed by atoms with Crippen molar-refractivity contribution >= 4 is 11.6 Å². The van der Waals surface area contributed by atoms with Gasteiger partial charge in [0, 0.05) is 18.7 Å². The average molecular weight is 278 g/mol. The highest BCUT2D eigenvalue weighted by atomic mass is 19.1. The summed E-state index contributed by atoms with van der Waals surface area (Å²) < 4.78 is 18.8. The first-order valence-electron chi connectivity index (χ1n) is 5.64. The third-order valence-electron chi connectivity index (χ3n) is 2.52. The van der Waals surface area contributed by atoms with Crippen LogP contribution in [0.25, 0.3) is 0 Å². The second-order valence-electron chi connectivity index (χ2n) is 3.90. The molecule has 0 aliphatic heterocycles. The summed E-state index contributed by atoms with van der Waals surface area (Å²) in [4.78, 5) is 17.7. The van der Waals surface area contributed by atoms with E-state index < -0.39 is 10.7 Å². The Morgan fingerprint density at radius 3 is 2.80 bits per heavy atom. The number of benzene rings is 1. The van der Waals surface area contributed by atoms with Crippen LogP contribution in [-0.2, 0) is 0 Å².